The number of nitrogens with zero attached hydrogens (tertiary/aromatic N) is 2. The van der Waals surface area contributed by atoms with E-state index >= 15 is 0 Å². The molecule has 0 bridgehead atoms. The van der Waals surface area contributed by atoms with Gasteiger partial charge >= 0.3 is 0 Å². The van der Waals surface area contributed by atoms with Crippen LogP contribution in [0.3, 0.4) is 0 Å². The second-order valence-electron chi connectivity index (χ2n) is 6.27. The van der Waals surface area contributed by atoms with E-state index in [1.165, 1.54) is 11.3 Å². The average Bonchev–Trinajstić information content (AvgIpc) is 2.94. The van der Waals surface area contributed by atoms with Crippen LogP contribution in [0.2, 0.25) is 0 Å². The average molecular weight is 411 g/mol. The van der Waals surface area contributed by atoms with E-state index in [1.54, 1.807) is 12.1 Å². The predicted octanol–water partition coefficient (Wildman–Crippen LogP) is 3.96. The van der Waals surface area contributed by atoms with Crippen LogP contribution in [-0.4, -0.2) is 22.0 Å². The van der Waals surface area contributed by atoms with Crippen molar-refractivity contribution < 1.29 is 9.59 Å². The Bertz CT molecular complexity index is 740. The molecular weight excluding hydrogens is 392 g/mol. The third-order valence-electron chi connectivity index (χ3n) is 3.00. The predicted molar refractivity (Wildman–Crippen MR) is 99.2 cm³/mol. The van der Waals surface area contributed by atoms with Gasteiger partial charge in [0.2, 0.25) is 16.9 Å². The lowest BCUT2D eigenvalue weighted by atomic mass is 9.98. The van der Waals surface area contributed by atoms with Crippen molar-refractivity contribution in [2.45, 2.75) is 39.0 Å². The maximum Gasteiger partial charge on any atom is 0.226 e. The number of aromatic nitrogens is 2. The molecule has 1 heterocycles. The monoisotopic (exact) mass is 410 g/mol. The Morgan fingerprint density at radius 1 is 1.12 bits per heavy atom. The number of anilines is 2. The summed E-state index contributed by atoms with van der Waals surface area (Å²) in [5.41, 5.74) is 0.582. The summed E-state index contributed by atoms with van der Waals surface area (Å²) < 4.78 is 0.879. The molecule has 2 N–H and O–H groups in total. The molecule has 8 heteroatoms. The van der Waals surface area contributed by atoms with Gasteiger partial charge < -0.3 is 10.6 Å². The number of halogens is 1. The van der Waals surface area contributed by atoms with Gasteiger partial charge in [-0.3, -0.25) is 9.59 Å². The van der Waals surface area contributed by atoms with Crippen LogP contribution < -0.4 is 10.6 Å². The fourth-order valence-corrected chi connectivity index (χ4v) is 2.99. The molecule has 0 atom stereocenters. The molecular formula is C16H19BrN4O2S. The molecule has 1 aromatic heterocycles. The Balaban J connectivity index is 1.80. The number of rotatable bonds is 5. The standard InChI is InChI=1S/C16H19BrN4O2S/c1-16(2,3)14-20-21-15(24-14)19-13(23)8-7-12(22)18-11-6-4-5-10(17)9-11/h4-6,9H,7-8H2,1-3H3,(H,18,22)(H,19,21,23). The molecule has 0 saturated heterocycles. The van der Waals surface area contributed by atoms with Gasteiger partial charge in [0.1, 0.15) is 5.01 Å². The summed E-state index contributed by atoms with van der Waals surface area (Å²) >= 11 is 4.69. The van der Waals surface area contributed by atoms with E-state index in [1.807, 2.05) is 32.9 Å². The molecule has 0 radical (unpaired) electrons. The molecule has 0 aliphatic carbocycles. The quantitative estimate of drug-likeness (QED) is 0.780. The summed E-state index contributed by atoms with van der Waals surface area (Å²) in [6.45, 7) is 6.10. The molecule has 0 spiro atoms. The van der Waals surface area contributed by atoms with Gasteiger partial charge in [0, 0.05) is 28.4 Å². The minimum absolute atomic E-state index is 0.0876. The number of nitrogens with one attached hydrogen (secondary N) is 2. The first-order chi connectivity index (χ1) is 11.2. The minimum Gasteiger partial charge on any atom is -0.326 e. The van der Waals surface area contributed by atoms with E-state index < -0.39 is 0 Å². The zero-order valence-corrected chi connectivity index (χ0v) is 16.1. The first-order valence-electron chi connectivity index (χ1n) is 7.43. The van der Waals surface area contributed by atoms with Crippen molar-refractivity contribution in [1.82, 2.24) is 10.2 Å². The number of hydrogen-bond acceptors (Lipinski definition) is 5. The summed E-state index contributed by atoms with van der Waals surface area (Å²) in [5, 5.41) is 14.8. The maximum atomic E-state index is 11.9. The molecule has 2 rings (SSSR count). The summed E-state index contributed by atoms with van der Waals surface area (Å²) in [5.74, 6) is -0.466. The van der Waals surface area contributed by atoms with E-state index in [2.05, 4.69) is 36.8 Å². The molecule has 2 aromatic rings. The van der Waals surface area contributed by atoms with Crippen LogP contribution in [0.4, 0.5) is 10.8 Å². The number of hydrogen-bond donors (Lipinski definition) is 2. The maximum absolute atomic E-state index is 11.9. The molecule has 0 aliphatic heterocycles. The topological polar surface area (TPSA) is 84.0 Å². The van der Waals surface area contributed by atoms with Crippen LogP contribution >= 0.6 is 27.3 Å². The van der Waals surface area contributed by atoms with Gasteiger partial charge in [-0.25, -0.2) is 0 Å². The van der Waals surface area contributed by atoms with Crippen LogP contribution in [-0.2, 0) is 15.0 Å². The Hall–Kier alpha value is -1.80. The third kappa shape index (κ3) is 5.68. The van der Waals surface area contributed by atoms with E-state index in [9.17, 15) is 9.59 Å². The van der Waals surface area contributed by atoms with Gasteiger partial charge in [0.05, 0.1) is 0 Å². The number of benzene rings is 1. The molecule has 0 unspecified atom stereocenters. The second-order valence-corrected chi connectivity index (χ2v) is 8.16. The number of amides is 2. The van der Waals surface area contributed by atoms with Crippen molar-refractivity contribution in [3.05, 3.63) is 33.7 Å². The van der Waals surface area contributed by atoms with Crippen molar-refractivity contribution >= 4 is 49.9 Å². The molecule has 0 saturated carbocycles. The van der Waals surface area contributed by atoms with Gasteiger partial charge in [0.15, 0.2) is 0 Å². The van der Waals surface area contributed by atoms with Gasteiger partial charge in [-0.1, -0.05) is 54.1 Å². The van der Waals surface area contributed by atoms with Gasteiger partial charge in [-0.2, -0.15) is 0 Å². The molecule has 128 valence electrons. The Kier molecular flexibility index (Phi) is 6.06. The molecule has 2 amide bonds. The molecule has 0 fully saturated rings. The largest absolute Gasteiger partial charge is 0.326 e. The highest BCUT2D eigenvalue weighted by atomic mass is 79.9. The number of carbonyl (C=O) groups is 2. The Morgan fingerprint density at radius 2 is 1.79 bits per heavy atom. The fourth-order valence-electron chi connectivity index (χ4n) is 1.78. The minimum atomic E-state index is -0.254. The summed E-state index contributed by atoms with van der Waals surface area (Å²) in [7, 11) is 0. The van der Waals surface area contributed by atoms with Crippen molar-refractivity contribution in [3.63, 3.8) is 0 Å². The summed E-state index contributed by atoms with van der Waals surface area (Å²) in [6, 6.07) is 7.29. The summed E-state index contributed by atoms with van der Waals surface area (Å²) in [4.78, 5) is 23.8. The van der Waals surface area contributed by atoms with E-state index in [-0.39, 0.29) is 30.1 Å². The molecule has 6 nitrogen and oxygen atoms in total. The van der Waals surface area contributed by atoms with Crippen molar-refractivity contribution in [2.75, 3.05) is 10.6 Å². The van der Waals surface area contributed by atoms with E-state index in [0.717, 1.165) is 9.48 Å². The Labute approximate surface area is 153 Å². The zero-order chi connectivity index (χ0) is 17.7. The van der Waals surface area contributed by atoms with Crippen LogP contribution in [0.15, 0.2) is 28.7 Å². The van der Waals surface area contributed by atoms with Gasteiger partial charge in [-0.15, -0.1) is 10.2 Å². The van der Waals surface area contributed by atoms with Crippen molar-refractivity contribution in [1.29, 1.82) is 0 Å². The molecule has 24 heavy (non-hydrogen) atoms. The highest BCUT2D eigenvalue weighted by Gasteiger charge is 2.20. The lowest BCUT2D eigenvalue weighted by Gasteiger charge is -2.12. The Morgan fingerprint density at radius 3 is 2.38 bits per heavy atom. The first kappa shape index (κ1) is 18.5. The first-order valence-corrected chi connectivity index (χ1v) is 9.04. The second kappa shape index (κ2) is 7.85. The van der Waals surface area contributed by atoms with Crippen molar-refractivity contribution in [3.8, 4) is 0 Å². The van der Waals surface area contributed by atoms with Crippen molar-refractivity contribution in [2.24, 2.45) is 0 Å². The van der Waals surface area contributed by atoms with E-state index in [4.69, 9.17) is 0 Å². The normalized spacial score (nSPS) is 11.2. The number of carbonyl (C=O) groups excluding carboxylic acids is 2. The van der Waals surface area contributed by atoms with Crippen LogP contribution in [0.25, 0.3) is 0 Å². The summed E-state index contributed by atoms with van der Waals surface area (Å²) in [6.07, 6.45) is 0.188. The van der Waals surface area contributed by atoms with Crippen LogP contribution in [0, 0.1) is 0 Å². The lowest BCUT2D eigenvalue weighted by molar-refractivity contribution is -0.121. The van der Waals surface area contributed by atoms with Gasteiger partial charge in [-0.05, 0) is 18.2 Å². The molecule has 0 aliphatic rings. The lowest BCUT2D eigenvalue weighted by Crippen LogP contribution is -2.17. The van der Waals surface area contributed by atoms with E-state index in [0.29, 0.717) is 10.8 Å². The SMILES string of the molecule is CC(C)(C)c1nnc(NC(=O)CCC(=O)Nc2cccc(Br)c2)s1. The fraction of sp³-hybridized carbons (Fsp3) is 0.375. The van der Waals surface area contributed by atoms with Gasteiger partial charge in [0.25, 0.3) is 0 Å². The van der Waals surface area contributed by atoms with Crippen LogP contribution in [0.5, 0.6) is 0 Å². The smallest absolute Gasteiger partial charge is 0.226 e. The molecule has 1 aromatic carbocycles. The zero-order valence-electron chi connectivity index (χ0n) is 13.7. The highest BCUT2D eigenvalue weighted by Crippen LogP contribution is 2.27. The van der Waals surface area contributed by atoms with Crippen LogP contribution in [0.1, 0.15) is 38.6 Å². The highest BCUT2D eigenvalue weighted by molar-refractivity contribution is 9.10. The third-order valence-corrected chi connectivity index (χ3v) is 4.76.